The van der Waals surface area contributed by atoms with Crippen molar-refractivity contribution in [2.45, 2.75) is 45.3 Å². The summed E-state index contributed by atoms with van der Waals surface area (Å²) in [6.45, 7) is 7.52. The molecule has 0 saturated carbocycles. The molecule has 1 saturated heterocycles. The zero-order valence-electron chi connectivity index (χ0n) is 11.9. The van der Waals surface area contributed by atoms with Gasteiger partial charge in [0.05, 0.1) is 11.2 Å². The smallest absolute Gasteiger partial charge is 0.399 e. The summed E-state index contributed by atoms with van der Waals surface area (Å²) in [7, 11) is -0.752. The molecule has 1 aromatic carbocycles. The Morgan fingerprint density at radius 2 is 1.65 bits per heavy atom. The van der Waals surface area contributed by atoms with Crippen molar-refractivity contribution in [2.24, 2.45) is 0 Å². The van der Waals surface area contributed by atoms with Gasteiger partial charge in [0.1, 0.15) is 6.29 Å². The quantitative estimate of drug-likeness (QED) is 0.631. The Hall–Kier alpha value is -1.27. The zero-order valence-corrected chi connectivity index (χ0v) is 11.9. The van der Waals surface area contributed by atoms with Gasteiger partial charge < -0.3 is 9.31 Å². The van der Waals surface area contributed by atoms with E-state index < -0.39 is 24.7 Å². The molecule has 3 nitrogen and oxygen atoms in total. The molecule has 20 heavy (non-hydrogen) atoms. The molecule has 0 spiro atoms. The molecule has 1 aliphatic rings. The average molecular weight is 282 g/mol. The van der Waals surface area contributed by atoms with E-state index in [4.69, 9.17) is 9.31 Å². The predicted molar refractivity (Wildman–Crippen MR) is 72.5 cm³/mol. The Morgan fingerprint density at radius 3 is 2.10 bits per heavy atom. The first-order valence-corrected chi connectivity index (χ1v) is 6.40. The molecule has 1 aromatic rings. The lowest BCUT2D eigenvalue weighted by atomic mass is 9.77. The van der Waals surface area contributed by atoms with Crippen LogP contribution in [0.1, 0.15) is 50.0 Å². The molecular formula is C14H17BF2O3. The maximum absolute atomic E-state index is 12.9. The fourth-order valence-corrected chi connectivity index (χ4v) is 2.01. The average Bonchev–Trinajstić information content (AvgIpc) is 2.58. The minimum Gasteiger partial charge on any atom is -0.399 e. The predicted octanol–water partition coefficient (Wildman–Crippen LogP) is 2.74. The molecule has 0 atom stereocenters. The van der Waals surface area contributed by atoms with Gasteiger partial charge >= 0.3 is 7.12 Å². The molecule has 0 radical (unpaired) electrons. The number of hydrogen-bond donors (Lipinski definition) is 0. The number of carbonyl (C=O) groups is 1. The number of carbonyl (C=O) groups excluding carboxylic acids is 1. The highest BCUT2D eigenvalue weighted by molar-refractivity contribution is 6.62. The Morgan fingerprint density at radius 1 is 1.10 bits per heavy atom. The number of hydrogen-bond acceptors (Lipinski definition) is 3. The van der Waals surface area contributed by atoms with E-state index in [9.17, 15) is 13.6 Å². The van der Waals surface area contributed by atoms with Gasteiger partial charge in [-0.15, -0.1) is 0 Å². The lowest BCUT2D eigenvalue weighted by Gasteiger charge is -2.32. The normalized spacial score (nSPS) is 20.4. The summed E-state index contributed by atoms with van der Waals surface area (Å²) in [4.78, 5) is 10.9. The van der Waals surface area contributed by atoms with E-state index >= 15 is 0 Å². The van der Waals surface area contributed by atoms with Crippen molar-refractivity contribution in [2.75, 3.05) is 0 Å². The molecule has 1 aliphatic heterocycles. The van der Waals surface area contributed by atoms with Crippen molar-refractivity contribution in [1.82, 2.24) is 0 Å². The number of alkyl halides is 2. The number of halogens is 2. The molecule has 0 aliphatic carbocycles. The van der Waals surface area contributed by atoms with Crippen molar-refractivity contribution >= 4 is 18.9 Å². The second kappa shape index (κ2) is 4.93. The van der Waals surface area contributed by atoms with Gasteiger partial charge in [0.25, 0.3) is 6.43 Å². The molecule has 2 rings (SSSR count). The SMILES string of the molecule is CC1(C)OB(c2cc(C=O)cc(C(F)F)c2)OC1(C)C. The summed E-state index contributed by atoms with van der Waals surface area (Å²) in [5, 5.41) is 0. The number of aldehydes is 1. The van der Waals surface area contributed by atoms with E-state index in [0.29, 0.717) is 11.7 Å². The Labute approximate surface area is 117 Å². The molecule has 1 fully saturated rings. The van der Waals surface area contributed by atoms with Crippen LogP contribution in [0.5, 0.6) is 0 Å². The van der Waals surface area contributed by atoms with Gasteiger partial charge in [0.15, 0.2) is 0 Å². The van der Waals surface area contributed by atoms with Gasteiger partial charge in [0.2, 0.25) is 0 Å². The molecule has 0 N–H and O–H groups in total. The molecule has 0 amide bonds. The first kappa shape index (κ1) is 15.1. The van der Waals surface area contributed by atoms with Crippen LogP contribution in [0.15, 0.2) is 18.2 Å². The van der Waals surface area contributed by atoms with E-state index in [1.54, 1.807) is 0 Å². The Bertz CT molecular complexity index is 513. The fraction of sp³-hybridized carbons (Fsp3) is 0.500. The van der Waals surface area contributed by atoms with Gasteiger partial charge in [-0.05, 0) is 39.2 Å². The highest BCUT2D eigenvalue weighted by Crippen LogP contribution is 2.36. The van der Waals surface area contributed by atoms with Gasteiger partial charge in [-0.3, -0.25) is 4.79 Å². The third-order valence-corrected chi connectivity index (χ3v) is 3.91. The van der Waals surface area contributed by atoms with Gasteiger partial charge in [-0.1, -0.05) is 12.1 Å². The standard InChI is InChI=1S/C14H17BF2O3/c1-13(2)14(3,4)20-15(19-13)11-6-9(8-18)5-10(7-11)12(16)17/h5-8,12H,1-4H3. The van der Waals surface area contributed by atoms with E-state index in [2.05, 4.69) is 0 Å². The summed E-state index contributed by atoms with van der Waals surface area (Å²) in [6, 6.07) is 4.01. The molecule has 108 valence electrons. The molecule has 0 unspecified atom stereocenters. The topological polar surface area (TPSA) is 35.5 Å². The lowest BCUT2D eigenvalue weighted by molar-refractivity contribution is 0.00578. The Balaban J connectivity index is 2.39. The first-order chi connectivity index (χ1) is 9.16. The van der Waals surface area contributed by atoms with Crippen LogP contribution < -0.4 is 5.46 Å². The van der Waals surface area contributed by atoms with E-state index in [0.717, 1.165) is 0 Å². The lowest BCUT2D eigenvalue weighted by Crippen LogP contribution is -2.41. The van der Waals surface area contributed by atoms with Crippen LogP contribution in [-0.4, -0.2) is 24.6 Å². The summed E-state index contributed by atoms with van der Waals surface area (Å²) in [5.74, 6) is 0. The van der Waals surface area contributed by atoms with Gasteiger partial charge in [-0.2, -0.15) is 0 Å². The van der Waals surface area contributed by atoms with E-state index in [1.807, 2.05) is 27.7 Å². The third-order valence-electron chi connectivity index (χ3n) is 3.91. The number of rotatable bonds is 3. The summed E-state index contributed by atoms with van der Waals surface area (Å²) >= 11 is 0. The van der Waals surface area contributed by atoms with E-state index in [-0.39, 0.29) is 11.1 Å². The van der Waals surface area contributed by atoms with Crippen LogP contribution >= 0.6 is 0 Å². The zero-order chi connectivity index (χ0) is 15.1. The van der Waals surface area contributed by atoms with E-state index in [1.165, 1.54) is 18.2 Å². The first-order valence-electron chi connectivity index (χ1n) is 6.40. The van der Waals surface area contributed by atoms with Crippen molar-refractivity contribution in [3.05, 3.63) is 29.3 Å². The highest BCUT2D eigenvalue weighted by Gasteiger charge is 2.51. The minimum absolute atomic E-state index is 0.188. The molecule has 6 heteroatoms. The molecule has 0 aromatic heterocycles. The van der Waals surface area contributed by atoms with Crippen molar-refractivity contribution in [3.63, 3.8) is 0 Å². The third kappa shape index (κ3) is 2.62. The summed E-state index contributed by atoms with van der Waals surface area (Å²) in [5.41, 5.74) is -0.699. The fourth-order valence-electron chi connectivity index (χ4n) is 2.01. The monoisotopic (exact) mass is 282 g/mol. The Kier molecular flexibility index (Phi) is 3.73. The summed E-state index contributed by atoms with van der Waals surface area (Å²) in [6.07, 6.45) is -2.10. The van der Waals surface area contributed by atoms with Crippen LogP contribution in [0.4, 0.5) is 8.78 Å². The maximum Gasteiger partial charge on any atom is 0.494 e. The largest absolute Gasteiger partial charge is 0.494 e. The number of benzene rings is 1. The van der Waals surface area contributed by atoms with Crippen LogP contribution in [0.25, 0.3) is 0 Å². The summed E-state index contributed by atoms with van der Waals surface area (Å²) < 4.78 is 37.3. The van der Waals surface area contributed by atoms with Gasteiger partial charge in [-0.25, -0.2) is 8.78 Å². The van der Waals surface area contributed by atoms with Crippen LogP contribution in [0, 0.1) is 0 Å². The van der Waals surface area contributed by atoms with Crippen molar-refractivity contribution in [3.8, 4) is 0 Å². The second-order valence-corrected chi connectivity index (χ2v) is 5.94. The molecule has 1 heterocycles. The minimum atomic E-state index is -2.64. The second-order valence-electron chi connectivity index (χ2n) is 5.94. The molecule has 0 bridgehead atoms. The van der Waals surface area contributed by atoms with Gasteiger partial charge in [0, 0.05) is 11.1 Å². The van der Waals surface area contributed by atoms with Crippen molar-refractivity contribution < 1.29 is 22.9 Å². The van der Waals surface area contributed by atoms with Crippen molar-refractivity contribution in [1.29, 1.82) is 0 Å². The van der Waals surface area contributed by atoms with Crippen LogP contribution in [-0.2, 0) is 9.31 Å². The highest BCUT2D eigenvalue weighted by atomic mass is 19.3. The van der Waals surface area contributed by atoms with Crippen LogP contribution in [0.2, 0.25) is 0 Å². The molecular weight excluding hydrogens is 265 g/mol. The van der Waals surface area contributed by atoms with Crippen LogP contribution in [0.3, 0.4) is 0 Å². The maximum atomic E-state index is 12.9.